The third kappa shape index (κ3) is 4.79. The van der Waals surface area contributed by atoms with Gasteiger partial charge >= 0.3 is 0 Å². The first-order chi connectivity index (χ1) is 5.22. The van der Waals surface area contributed by atoms with Crippen LogP contribution < -0.4 is 0 Å². The molecule has 4 heteroatoms. The average molecular weight is 234 g/mol. The van der Waals surface area contributed by atoms with Gasteiger partial charge in [0.05, 0.1) is 9.63 Å². The molecule has 0 aliphatic heterocycles. The van der Waals surface area contributed by atoms with Crippen molar-refractivity contribution < 1.29 is 4.39 Å². The number of rotatable bonds is 0. The van der Waals surface area contributed by atoms with Gasteiger partial charge in [-0.2, -0.15) is 0 Å². The fourth-order valence-electron chi connectivity index (χ4n) is 0.439. The van der Waals surface area contributed by atoms with E-state index in [4.69, 9.17) is 5.41 Å². The van der Waals surface area contributed by atoms with Crippen LogP contribution in [-0.2, 0) is 0 Å². The number of hydrogen-bond donors (Lipinski definition) is 1. The number of isothiocyanates is 1. The van der Waals surface area contributed by atoms with Gasteiger partial charge in [0.1, 0.15) is 5.82 Å². The summed E-state index contributed by atoms with van der Waals surface area (Å²) < 4.78 is 12.8. The molecule has 0 spiro atoms. The Kier molecular flexibility index (Phi) is 5.84. The van der Waals surface area contributed by atoms with Crippen molar-refractivity contribution in [3.8, 4) is 0 Å². The van der Waals surface area contributed by atoms with Crippen molar-refractivity contribution in [1.82, 2.24) is 0 Å². The van der Waals surface area contributed by atoms with E-state index in [1.54, 1.807) is 23.4 Å². The molecule has 1 nitrogen and oxygen atoms in total. The highest BCUT2D eigenvalue weighted by molar-refractivity contribution is 9.10. The minimum Gasteiger partial charge on any atom is -0.248 e. The van der Waals surface area contributed by atoms with Crippen LogP contribution in [-0.4, -0.2) is 5.16 Å². The number of thiocarbonyl (C=S) groups is 1. The second-order valence-corrected chi connectivity index (χ2v) is 2.57. The third-order valence-corrected chi connectivity index (χ3v) is 1.47. The molecule has 0 saturated carbocycles. The van der Waals surface area contributed by atoms with Crippen LogP contribution in [0.3, 0.4) is 0 Å². The molecule has 0 fully saturated rings. The molecule has 11 heavy (non-hydrogen) atoms. The van der Waals surface area contributed by atoms with E-state index in [0.717, 1.165) is 0 Å². The van der Waals surface area contributed by atoms with Crippen LogP contribution in [0.1, 0.15) is 0 Å². The van der Waals surface area contributed by atoms with Crippen molar-refractivity contribution in [2.75, 3.05) is 0 Å². The molecular formula is C7H5BrFNS. The lowest BCUT2D eigenvalue weighted by atomic mass is 10.4. The van der Waals surface area contributed by atoms with Gasteiger partial charge in [0.2, 0.25) is 0 Å². The van der Waals surface area contributed by atoms with Crippen molar-refractivity contribution in [3.05, 3.63) is 34.6 Å². The van der Waals surface area contributed by atoms with E-state index >= 15 is 0 Å². The van der Waals surface area contributed by atoms with E-state index < -0.39 is 0 Å². The lowest BCUT2D eigenvalue weighted by Gasteiger charge is -1.87. The molecule has 1 aromatic rings. The topological polar surface area (TPSA) is 23.9 Å². The average Bonchev–Trinajstić information content (AvgIpc) is 1.97. The summed E-state index contributed by atoms with van der Waals surface area (Å²) in [4.78, 5) is 0. The SMILES string of the molecule is Fc1ccccc1Br.N=C=S. The van der Waals surface area contributed by atoms with Crippen LogP contribution >= 0.6 is 28.1 Å². The molecule has 0 amide bonds. The van der Waals surface area contributed by atoms with Crippen LogP contribution in [0.25, 0.3) is 0 Å². The van der Waals surface area contributed by atoms with E-state index in [1.807, 2.05) is 0 Å². The van der Waals surface area contributed by atoms with Gasteiger partial charge in [0, 0.05) is 0 Å². The summed E-state index contributed by atoms with van der Waals surface area (Å²) in [6.45, 7) is 0. The molecule has 1 aromatic carbocycles. The van der Waals surface area contributed by atoms with Crippen LogP contribution in [0.5, 0.6) is 0 Å². The second-order valence-electron chi connectivity index (χ2n) is 1.52. The Morgan fingerprint density at radius 1 is 1.45 bits per heavy atom. The molecule has 0 bridgehead atoms. The first kappa shape index (κ1) is 10.4. The Bertz CT molecular complexity index is 237. The minimum atomic E-state index is -0.215. The number of benzene rings is 1. The third-order valence-electron chi connectivity index (χ3n) is 0.824. The monoisotopic (exact) mass is 233 g/mol. The van der Waals surface area contributed by atoms with E-state index in [-0.39, 0.29) is 5.82 Å². The Morgan fingerprint density at radius 2 is 1.91 bits per heavy atom. The summed E-state index contributed by atoms with van der Waals surface area (Å²) in [5.74, 6) is -0.215. The standard InChI is InChI=1S/C6H4BrF.CHNS/c7-5-3-1-2-4-6(5)8;2-1-3/h1-4H;2H. The maximum atomic E-state index is 12.3. The predicted molar refractivity (Wildman–Crippen MR) is 49.4 cm³/mol. The highest BCUT2D eigenvalue weighted by Crippen LogP contribution is 2.12. The van der Waals surface area contributed by atoms with E-state index in [9.17, 15) is 4.39 Å². The van der Waals surface area contributed by atoms with E-state index in [2.05, 4.69) is 28.1 Å². The predicted octanol–water partition coefficient (Wildman–Crippen LogP) is 3.26. The quantitative estimate of drug-likeness (QED) is 0.540. The van der Waals surface area contributed by atoms with Crippen molar-refractivity contribution >= 4 is 33.3 Å². The highest BCUT2D eigenvalue weighted by atomic mass is 79.9. The maximum absolute atomic E-state index is 12.3. The van der Waals surface area contributed by atoms with Gasteiger partial charge in [-0.15, -0.1) is 0 Å². The van der Waals surface area contributed by atoms with Crippen LogP contribution in [0.4, 0.5) is 4.39 Å². The summed E-state index contributed by atoms with van der Waals surface area (Å²) >= 11 is 6.83. The molecule has 1 rings (SSSR count). The summed E-state index contributed by atoms with van der Waals surface area (Å²) in [6.07, 6.45) is 0. The minimum absolute atomic E-state index is 0.215. The molecular weight excluding hydrogens is 229 g/mol. The fourth-order valence-corrected chi connectivity index (χ4v) is 0.724. The highest BCUT2D eigenvalue weighted by Gasteiger charge is 1.90. The summed E-state index contributed by atoms with van der Waals surface area (Å²) in [6, 6.07) is 6.49. The van der Waals surface area contributed by atoms with Crippen LogP contribution in [0.15, 0.2) is 28.7 Å². The normalized spacial score (nSPS) is 7.45. The van der Waals surface area contributed by atoms with E-state index in [0.29, 0.717) is 4.47 Å². The molecule has 0 radical (unpaired) electrons. The maximum Gasteiger partial charge on any atom is 0.137 e. The van der Waals surface area contributed by atoms with Gasteiger partial charge in [0.15, 0.2) is 0 Å². The summed E-state index contributed by atoms with van der Waals surface area (Å²) in [7, 11) is 0. The molecule has 0 saturated heterocycles. The molecule has 58 valence electrons. The second kappa shape index (κ2) is 6.16. The Balaban J connectivity index is 0.000000292. The summed E-state index contributed by atoms with van der Waals surface area (Å²) in [5.41, 5.74) is 0. The van der Waals surface area contributed by atoms with Crippen LogP contribution in [0.2, 0.25) is 0 Å². The molecule has 0 aromatic heterocycles. The van der Waals surface area contributed by atoms with Crippen LogP contribution in [0, 0.1) is 11.2 Å². The van der Waals surface area contributed by atoms with Gasteiger partial charge in [-0.05, 0) is 40.3 Å². The number of nitrogens with one attached hydrogen (secondary N) is 1. The zero-order chi connectivity index (χ0) is 8.69. The number of halogens is 2. The lowest BCUT2D eigenvalue weighted by molar-refractivity contribution is 0.621. The zero-order valence-electron chi connectivity index (χ0n) is 5.47. The largest absolute Gasteiger partial charge is 0.248 e. The van der Waals surface area contributed by atoms with Crippen molar-refractivity contribution in [3.63, 3.8) is 0 Å². The van der Waals surface area contributed by atoms with E-state index in [1.165, 1.54) is 6.07 Å². The molecule has 0 unspecified atom stereocenters. The van der Waals surface area contributed by atoms with Gasteiger partial charge in [-0.1, -0.05) is 12.1 Å². The smallest absolute Gasteiger partial charge is 0.137 e. The fraction of sp³-hybridized carbons (Fsp3) is 0. The lowest BCUT2D eigenvalue weighted by Crippen LogP contribution is -1.70. The van der Waals surface area contributed by atoms with Crippen molar-refractivity contribution in [1.29, 1.82) is 5.41 Å². The van der Waals surface area contributed by atoms with Gasteiger partial charge in [0.25, 0.3) is 0 Å². The van der Waals surface area contributed by atoms with Gasteiger partial charge in [-0.25, -0.2) is 9.80 Å². The molecule has 0 aliphatic carbocycles. The Labute approximate surface area is 77.9 Å². The molecule has 1 N–H and O–H groups in total. The Hall–Kier alpha value is -0.570. The van der Waals surface area contributed by atoms with Gasteiger partial charge < -0.3 is 0 Å². The Morgan fingerprint density at radius 3 is 2.18 bits per heavy atom. The zero-order valence-corrected chi connectivity index (χ0v) is 7.88. The molecule has 0 aliphatic rings. The van der Waals surface area contributed by atoms with Crippen molar-refractivity contribution in [2.45, 2.75) is 0 Å². The first-order valence-electron chi connectivity index (χ1n) is 2.66. The van der Waals surface area contributed by atoms with Gasteiger partial charge in [-0.3, -0.25) is 0 Å². The molecule has 0 heterocycles. The molecule has 0 atom stereocenters. The summed E-state index contributed by atoms with van der Waals surface area (Å²) in [5, 5.41) is 7.36. The first-order valence-corrected chi connectivity index (χ1v) is 3.86. The number of hydrogen-bond acceptors (Lipinski definition) is 2. The van der Waals surface area contributed by atoms with Crippen molar-refractivity contribution in [2.24, 2.45) is 0 Å².